The molecule has 0 radical (unpaired) electrons. The summed E-state index contributed by atoms with van der Waals surface area (Å²) in [5, 5.41) is 0. The summed E-state index contributed by atoms with van der Waals surface area (Å²) in [6, 6.07) is 3.55. The maximum Gasteiger partial charge on any atom is 0.422 e. The van der Waals surface area contributed by atoms with Crippen molar-refractivity contribution in [3.63, 3.8) is 0 Å². The van der Waals surface area contributed by atoms with Gasteiger partial charge in [-0.2, -0.15) is 0 Å². The van der Waals surface area contributed by atoms with Crippen molar-refractivity contribution in [1.29, 1.82) is 0 Å². The van der Waals surface area contributed by atoms with Gasteiger partial charge in [-0.25, -0.2) is 14.3 Å². The fourth-order valence-electron chi connectivity index (χ4n) is 1.14. The van der Waals surface area contributed by atoms with E-state index < -0.39 is 5.76 Å². The number of aromatic nitrogens is 2. The summed E-state index contributed by atoms with van der Waals surface area (Å²) in [4.78, 5) is 15.3. The number of oxazole rings is 1. The van der Waals surface area contributed by atoms with Gasteiger partial charge in [-0.3, -0.25) is 0 Å². The molecule has 2 aromatic rings. The van der Waals surface area contributed by atoms with Gasteiger partial charge >= 0.3 is 5.76 Å². The first-order valence-corrected chi connectivity index (χ1v) is 4.29. The molecule has 0 aliphatic rings. The third-order valence-electron chi connectivity index (χ3n) is 1.77. The lowest BCUT2D eigenvalue weighted by Crippen LogP contribution is -2.11. The molecule has 5 heteroatoms. The Labute approximate surface area is 78.8 Å². The Hall–Kier alpha value is -1.29. The zero-order chi connectivity index (χ0) is 9.42. The van der Waals surface area contributed by atoms with Crippen molar-refractivity contribution in [2.75, 3.05) is 0 Å². The highest BCUT2D eigenvalue weighted by Gasteiger charge is 2.08. The lowest BCUT2D eigenvalue weighted by Gasteiger charge is -1.94. The lowest BCUT2D eigenvalue weighted by atomic mass is 10.4. The Balaban J connectivity index is 2.89. The van der Waals surface area contributed by atoms with Crippen LogP contribution in [0, 0.1) is 6.92 Å². The molecular formula is C8H7ClN2O2. The molecule has 0 N–H and O–H groups in total. The van der Waals surface area contributed by atoms with Crippen LogP contribution >= 0.6 is 11.6 Å². The fraction of sp³-hybridized carbons (Fsp3) is 0.250. The third-order valence-corrected chi connectivity index (χ3v) is 2.01. The molecule has 0 bridgehead atoms. The Kier molecular flexibility index (Phi) is 1.84. The predicted octanol–water partition coefficient (Wildman–Crippen LogP) is 1.49. The van der Waals surface area contributed by atoms with Crippen LogP contribution < -0.4 is 5.76 Å². The molecule has 2 rings (SSSR count). The first-order valence-electron chi connectivity index (χ1n) is 3.75. The number of fused-ring (bicyclic) bond motifs is 1. The molecule has 0 aliphatic heterocycles. The minimum Gasteiger partial charge on any atom is -0.406 e. The van der Waals surface area contributed by atoms with Crippen LogP contribution in [0.4, 0.5) is 0 Å². The van der Waals surface area contributed by atoms with Crippen LogP contribution in [0.15, 0.2) is 21.3 Å². The van der Waals surface area contributed by atoms with Gasteiger partial charge in [-0.15, -0.1) is 11.6 Å². The van der Waals surface area contributed by atoms with Crippen LogP contribution in [0.1, 0.15) is 5.69 Å². The number of halogens is 1. The topological polar surface area (TPSA) is 48.0 Å². The van der Waals surface area contributed by atoms with Gasteiger partial charge in [0.15, 0.2) is 11.2 Å². The summed E-state index contributed by atoms with van der Waals surface area (Å²) >= 11 is 5.57. The van der Waals surface area contributed by atoms with E-state index in [0.29, 0.717) is 11.2 Å². The fourth-order valence-corrected chi connectivity index (χ4v) is 1.36. The highest BCUT2D eigenvalue weighted by atomic mass is 35.5. The average molecular weight is 199 g/mol. The number of alkyl halides is 1. The van der Waals surface area contributed by atoms with Crippen molar-refractivity contribution in [2.45, 2.75) is 12.9 Å². The molecule has 0 unspecified atom stereocenters. The summed E-state index contributed by atoms with van der Waals surface area (Å²) in [5.41, 5.74) is 1.79. The van der Waals surface area contributed by atoms with E-state index in [9.17, 15) is 4.79 Å². The first kappa shape index (κ1) is 8.31. The maximum absolute atomic E-state index is 11.2. The van der Waals surface area contributed by atoms with Crippen LogP contribution in [0.25, 0.3) is 11.2 Å². The predicted molar refractivity (Wildman–Crippen MR) is 48.9 cm³/mol. The van der Waals surface area contributed by atoms with Gasteiger partial charge in [0.25, 0.3) is 0 Å². The SMILES string of the molecule is Cc1ccc2oc(=O)n(CCl)c2n1. The number of pyridine rings is 1. The molecule has 0 fully saturated rings. The second kappa shape index (κ2) is 2.88. The van der Waals surface area contributed by atoms with E-state index in [2.05, 4.69) is 4.98 Å². The number of nitrogens with zero attached hydrogens (tertiary/aromatic N) is 2. The highest BCUT2D eigenvalue weighted by Crippen LogP contribution is 2.10. The van der Waals surface area contributed by atoms with E-state index in [0.717, 1.165) is 5.69 Å². The lowest BCUT2D eigenvalue weighted by molar-refractivity contribution is 0.525. The second-order valence-electron chi connectivity index (χ2n) is 2.69. The maximum atomic E-state index is 11.2. The number of hydrogen-bond acceptors (Lipinski definition) is 3. The van der Waals surface area contributed by atoms with Crippen molar-refractivity contribution in [1.82, 2.24) is 9.55 Å². The van der Waals surface area contributed by atoms with Crippen molar-refractivity contribution in [3.05, 3.63) is 28.4 Å². The molecule has 0 amide bonds. The number of hydrogen-bond donors (Lipinski definition) is 0. The van der Waals surface area contributed by atoms with E-state index in [1.54, 1.807) is 12.1 Å². The molecule has 68 valence electrons. The van der Waals surface area contributed by atoms with Crippen molar-refractivity contribution < 1.29 is 4.42 Å². The molecular weight excluding hydrogens is 192 g/mol. The summed E-state index contributed by atoms with van der Waals surface area (Å²) in [7, 11) is 0. The number of rotatable bonds is 1. The van der Waals surface area contributed by atoms with Gasteiger partial charge in [0.2, 0.25) is 0 Å². The normalized spacial score (nSPS) is 10.9. The molecule has 2 heterocycles. The molecule has 4 nitrogen and oxygen atoms in total. The van der Waals surface area contributed by atoms with E-state index >= 15 is 0 Å². The molecule has 0 saturated heterocycles. The van der Waals surface area contributed by atoms with Crippen LogP contribution in [0.5, 0.6) is 0 Å². The Morgan fingerprint density at radius 2 is 2.38 bits per heavy atom. The summed E-state index contributed by atoms with van der Waals surface area (Å²) in [6.45, 7) is 1.84. The van der Waals surface area contributed by atoms with Gasteiger partial charge in [0.1, 0.15) is 6.00 Å². The molecule has 0 spiro atoms. The van der Waals surface area contributed by atoms with E-state index in [1.165, 1.54) is 4.57 Å². The molecule has 0 saturated carbocycles. The summed E-state index contributed by atoms with van der Waals surface area (Å²) in [5.74, 6) is -0.469. The molecule has 2 aromatic heterocycles. The standard InChI is InChI=1S/C8H7ClN2O2/c1-5-2-3-6-7(10-5)11(4-9)8(12)13-6/h2-3H,4H2,1H3. The van der Waals surface area contributed by atoms with Gasteiger partial charge in [-0.1, -0.05) is 0 Å². The Bertz CT molecular complexity index is 500. The van der Waals surface area contributed by atoms with E-state index in [-0.39, 0.29) is 6.00 Å². The van der Waals surface area contributed by atoms with Crippen LogP contribution in [0.2, 0.25) is 0 Å². The Morgan fingerprint density at radius 3 is 3.08 bits per heavy atom. The summed E-state index contributed by atoms with van der Waals surface area (Å²) in [6.07, 6.45) is 0. The zero-order valence-electron chi connectivity index (χ0n) is 6.95. The van der Waals surface area contributed by atoms with E-state index in [4.69, 9.17) is 16.0 Å². The monoisotopic (exact) mass is 198 g/mol. The second-order valence-corrected chi connectivity index (χ2v) is 2.93. The van der Waals surface area contributed by atoms with Crippen LogP contribution in [0.3, 0.4) is 0 Å². The van der Waals surface area contributed by atoms with E-state index in [1.807, 2.05) is 6.92 Å². The highest BCUT2D eigenvalue weighted by molar-refractivity contribution is 6.15. The minimum absolute atomic E-state index is 0.0578. The van der Waals surface area contributed by atoms with Crippen molar-refractivity contribution >= 4 is 22.8 Å². The zero-order valence-corrected chi connectivity index (χ0v) is 7.71. The van der Waals surface area contributed by atoms with Crippen LogP contribution in [-0.4, -0.2) is 9.55 Å². The van der Waals surface area contributed by atoms with Crippen molar-refractivity contribution in [3.8, 4) is 0 Å². The van der Waals surface area contributed by atoms with Crippen LogP contribution in [-0.2, 0) is 6.00 Å². The Morgan fingerprint density at radius 1 is 1.62 bits per heavy atom. The first-order chi connectivity index (χ1) is 6.22. The quantitative estimate of drug-likeness (QED) is 0.653. The number of aryl methyl sites for hydroxylation is 1. The van der Waals surface area contributed by atoms with Gasteiger partial charge in [-0.05, 0) is 19.1 Å². The third kappa shape index (κ3) is 1.23. The van der Waals surface area contributed by atoms with Gasteiger partial charge in [0, 0.05) is 5.69 Å². The average Bonchev–Trinajstić information content (AvgIpc) is 2.40. The summed E-state index contributed by atoms with van der Waals surface area (Å²) < 4.78 is 6.19. The minimum atomic E-state index is -0.469. The largest absolute Gasteiger partial charge is 0.422 e. The molecule has 0 atom stereocenters. The smallest absolute Gasteiger partial charge is 0.406 e. The van der Waals surface area contributed by atoms with Gasteiger partial charge < -0.3 is 4.42 Å². The molecule has 0 aliphatic carbocycles. The molecule has 13 heavy (non-hydrogen) atoms. The molecule has 0 aromatic carbocycles. The van der Waals surface area contributed by atoms with Crippen molar-refractivity contribution in [2.24, 2.45) is 0 Å². The van der Waals surface area contributed by atoms with Gasteiger partial charge in [0.05, 0.1) is 0 Å².